The van der Waals surface area contributed by atoms with Crippen molar-refractivity contribution in [2.45, 2.75) is 12.8 Å². The molecule has 0 aliphatic heterocycles. The van der Waals surface area contributed by atoms with Crippen molar-refractivity contribution >= 4 is 11.3 Å². The van der Waals surface area contributed by atoms with Crippen molar-refractivity contribution in [3.8, 4) is 0 Å². The van der Waals surface area contributed by atoms with Crippen LogP contribution in [-0.2, 0) is 12.8 Å². The fourth-order valence-electron chi connectivity index (χ4n) is 1.95. The van der Waals surface area contributed by atoms with Crippen molar-refractivity contribution in [2.24, 2.45) is 11.7 Å². The fourth-order valence-corrected chi connectivity index (χ4v) is 2.77. The van der Waals surface area contributed by atoms with E-state index in [1.165, 1.54) is 10.9 Å². The molecule has 1 aromatic carbocycles. The molecule has 0 radical (unpaired) electrons. The number of benzene rings is 1. The first-order valence-corrected chi connectivity index (χ1v) is 6.63. The van der Waals surface area contributed by atoms with Gasteiger partial charge in [0.2, 0.25) is 0 Å². The van der Waals surface area contributed by atoms with Crippen molar-refractivity contribution < 1.29 is 4.39 Å². The molecule has 0 aliphatic rings. The largest absolute Gasteiger partial charge is 0.330 e. The molecule has 90 valence electrons. The maximum Gasteiger partial charge on any atom is 0.123 e. The molecule has 1 heterocycles. The number of rotatable bonds is 5. The van der Waals surface area contributed by atoms with E-state index in [1.54, 1.807) is 23.5 Å². The molecule has 1 atom stereocenters. The molecule has 0 bridgehead atoms. The van der Waals surface area contributed by atoms with Gasteiger partial charge in [0, 0.05) is 4.88 Å². The molecule has 1 nitrogen and oxygen atoms in total. The van der Waals surface area contributed by atoms with Gasteiger partial charge in [0.15, 0.2) is 0 Å². The van der Waals surface area contributed by atoms with Crippen LogP contribution >= 0.6 is 11.3 Å². The highest BCUT2D eigenvalue weighted by atomic mass is 32.1. The lowest BCUT2D eigenvalue weighted by atomic mass is 9.95. The van der Waals surface area contributed by atoms with Crippen LogP contribution in [0.2, 0.25) is 0 Å². The summed E-state index contributed by atoms with van der Waals surface area (Å²) in [5.41, 5.74) is 6.81. The summed E-state index contributed by atoms with van der Waals surface area (Å²) in [4.78, 5) is 1.34. The van der Waals surface area contributed by atoms with Gasteiger partial charge < -0.3 is 5.73 Å². The number of nitrogens with two attached hydrogens (primary N) is 1. The summed E-state index contributed by atoms with van der Waals surface area (Å²) < 4.78 is 13.1. The summed E-state index contributed by atoms with van der Waals surface area (Å²) in [6, 6.07) is 11.0. The lowest BCUT2D eigenvalue weighted by Gasteiger charge is -2.13. The van der Waals surface area contributed by atoms with E-state index in [9.17, 15) is 4.39 Å². The van der Waals surface area contributed by atoms with Crippen LogP contribution in [0.25, 0.3) is 0 Å². The standard InChI is InChI=1S/C14H16FNS/c15-13-4-1-3-11(8-13)7-12(10-16)9-14-5-2-6-17-14/h1-6,8,12H,7,9-10,16H2. The first-order valence-electron chi connectivity index (χ1n) is 5.75. The Balaban J connectivity index is 2.00. The summed E-state index contributed by atoms with van der Waals surface area (Å²) in [6.45, 7) is 0.633. The molecular weight excluding hydrogens is 233 g/mol. The van der Waals surface area contributed by atoms with Gasteiger partial charge >= 0.3 is 0 Å². The van der Waals surface area contributed by atoms with Gasteiger partial charge in [0.25, 0.3) is 0 Å². The highest BCUT2D eigenvalue weighted by Gasteiger charge is 2.10. The van der Waals surface area contributed by atoms with Crippen molar-refractivity contribution in [3.05, 3.63) is 58.0 Å². The van der Waals surface area contributed by atoms with E-state index in [0.29, 0.717) is 12.5 Å². The smallest absolute Gasteiger partial charge is 0.123 e. The predicted octanol–water partition coefficient (Wildman–Crippen LogP) is 3.25. The number of halogens is 1. The average molecular weight is 249 g/mol. The minimum absolute atomic E-state index is 0.172. The molecule has 17 heavy (non-hydrogen) atoms. The minimum Gasteiger partial charge on any atom is -0.330 e. The Kier molecular flexibility index (Phi) is 4.29. The highest BCUT2D eigenvalue weighted by molar-refractivity contribution is 7.09. The second kappa shape index (κ2) is 5.94. The molecule has 0 amide bonds. The van der Waals surface area contributed by atoms with Crippen LogP contribution in [-0.4, -0.2) is 6.54 Å². The Morgan fingerprint density at radius 3 is 2.71 bits per heavy atom. The number of thiophene rings is 1. The molecule has 0 saturated heterocycles. The second-order valence-electron chi connectivity index (χ2n) is 4.22. The zero-order chi connectivity index (χ0) is 12.1. The van der Waals surface area contributed by atoms with E-state index >= 15 is 0 Å². The zero-order valence-corrected chi connectivity index (χ0v) is 10.4. The Bertz CT molecular complexity index is 453. The van der Waals surface area contributed by atoms with Crippen LogP contribution in [0.4, 0.5) is 4.39 Å². The van der Waals surface area contributed by atoms with Crippen LogP contribution in [0.1, 0.15) is 10.4 Å². The minimum atomic E-state index is -0.172. The topological polar surface area (TPSA) is 26.0 Å². The zero-order valence-electron chi connectivity index (χ0n) is 9.60. The van der Waals surface area contributed by atoms with Gasteiger partial charge in [-0.05, 0) is 54.4 Å². The number of hydrogen-bond acceptors (Lipinski definition) is 2. The molecule has 2 rings (SSSR count). The first-order chi connectivity index (χ1) is 8.28. The predicted molar refractivity (Wildman–Crippen MR) is 70.7 cm³/mol. The molecule has 0 spiro atoms. The highest BCUT2D eigenvalue weighted by Crippen LogP contribution is 2.18. The number of hydrogen-bond donors (Lipinski definition) is 1. The van der Waals surface area contributed by atoms with Gasteiger partial charge in [-0.25, -0.2) is 4.39 Å². The van der Waals surface area contributed by atoms with E-state index in [1.807, 2.05) is 6.07 Å². The summed E-state index contributed by atoms with van der Waals surface area (Å²) in [6.07, 6.45) is 1.82. The summed E-state index contributed by atoms with van der Waals surface area (Å²) in [5, 5.41) is 2.07. The van der Waals surface area contributed by atoms with Crippen molar-refractivity contribution in [1.29, 1.82) is 0 Å². The third-order valence-corrected chi connectivity index (χ3v) is 3.72. The summed E-state index contributed by atoms with van der Waals surface area (Å²) in [5.74, 6) is 0.213. The third-order valence-electron chi connectivity index (χ3n) is 2.82. The van der Waals surface area contributed by atoms with Gasteiger partial charge in [0.05, 0.1) is 0 Å². The first kappa shape index (κ1) is 12.3. The van der Waals surface area contributed by atoms with Gasteiger partial charge in [-0.1, -0.05) is 18.2 Å². The van der Waals surface area contributed by atoms with Crippen molar-refractivity contribution in [1.82, 2.24) is 0 Å². The maximum atomic E-state index is 13.1. The molecule has 1 unspecified atom stereocenters. The second-order valence-corrected chi connectivity index (χ2v) is 5.25. The van der Waals surface area contributed by atoms with Gasteiger partial charge in [-0.3, -0.25) is 0 Å². The lowest BCUT2D eigenvalue weighted by molar-refractivity contribution is 0.534. The van der Waals surface area contributed by atoms with Crippen LogP contribution < -0.4 is 5.73 Å². The Morgan fingerprint density at radius 2 is 2.06 bits per heavy atom. The van der Waals surface area contributed by atoms with Gasteiger partial charge in [-0.2, -0.15) is 0 Å². The summed E-state index contributed by atoms with van der Waals surface area (Å²) >= 11 is 1.75. The molecule has 2 aromatic rings. The average Bonchev–Trinajstić information content (AvgIpc) is 2.81. The maximum absolute atomic E-state index is 13.1. The molecule has 0 fully saturated rings. The van der Waals surface area contributed by atoms with E-state index < -0.39 is 0 Å². The fraction of sp³-hybridized carbons (Fsp3) is 0.286. The molecule has 0 saturated carbocycles. The Labute approximate surface area is 105 Å². The van der Waals surface area contributed by atoms with Crippen LogP contribution in [0.15, 0.2) is 41.8 Å². The van der Waals surface area contributed by atoms with Crippen molar-refractivity contribution in [3.63, 3.8) is 0 Å². The SMILES string of the molecule is NCC(Cc1cccc(F)c1)Cc1cccs1. The van der Waals surface area contributed by atoms with E-state index in [0.717, 1.165) is 18.4 Å². The van der Waals surface area contributed by atoms with Crippen LogP contribution in [0, 0.1) is 11.7 Å². The Morgan fingerprint density at radius 1 is 1.18 bits per heavy atom. The van der Waals surface area contributed by atoms with Crippen LogP contribution in [0.5, 0.6) is 0 Å². The molecule has 1 aromatic heterocycles. The molecule has 2 N–H and O–H groups in total. The van der Waals surface area contributed by atoms with Crippen molar-refractivity contribution in [2.75, 3.05) is 6.54 Å². The summed E-state index contributed by atoms with van der Waals surface area (Å²) in [7, 11) is 0. The monoisotopic (exact) mass is 249 g/mol. The van der Waals surface area contributed by atoms with E-state index in [-0.39, 0.29) is 5.82 Å². The molecular formula is C14H16FNS. The Hall–Kier alpha value is -1.19. The normalized spacial score (nSPS) is 12.6. The lowest BCUT2D eigenvalue weighted by Crippen LogP contribution is -2.19. The van der Waals surface area contributed by atoms with E-state index in [2.05, 4.69) is 17.5 Å². The van der Waals surface area contributed by atoms with Crippen LogP contribution in [0.3, 0.4) is 0 Å². The third kappa shape index (κ3) is 3.65. The van der Waals surface area contributed by atoms with Gasteiger partial charge in [-0.15, -0.1) is 11.3 Å². The molecule has 3 heteroatoms. The quantitative estimate of drug-likeness (QED) is 0.865. The molecule has 0 aliphatic carbocycles. The van der Waals surface area contributed by atoms with E-state index in [4.69, 9.17) is 5.73 Å². The van der Waals surface area contributed by atoms with Gasteiger partial charge in [0.1, 0.15) is 5.82 Å².